The molecule has 24 nitrogen and oxygen atoms in total. The fraction of sp³-hybridized carbons (Fsp3) is 0.154. The van der Waals surface area contributed by atoms with Crippen LogP contribution in [0, 0.1) is 0 Å². The van der Waals surface area contributed by atoms with Gasteiger partial charge in [-0.1, -0.05) is 133 Å². The van der Waals surface area contributed by atoms with Gasteiger partial charge in [0.1, 0.15) is 51.9 Å². The number of phenols is 4. The van der Waals surface area contributed by atoms with Gasteiger partial charge in [-0.3, -0.25) is 19.9 Å². The second-order valence-corrected chi connectivity index (χ2v) is 24.3. The Balaban J connectivity index is 0.000000121. The molecule has 102 heavy (non-hydrogen) atoms. The van der Waals surface area contributed by atoms with Gasteiger partial charge < -0.3 is 66.8 Å². The Morgan fingerprint density at radius 3 is 1.39 bits per heavy atom. The summed E-state index contributed by atoms with van der Waals surface area (Å²) in [6.07, 6.45) is 11.0. The molecule has 0 spiro atoms. The summed E-state index contributed by atoms with van der Waals surface area (Å²) < 4.78 is 24.9. The van der Waals surface area contributed by atoms with Gasteiger partial charge in [0.15, 0.2) is 11.5 Å². The Labute approximate surface area is 583 Å². The van der Waals surface area contributed by atoms with Crippen LogP contribution in [-0.2, 0) is 25.9 Å². The summed E-state index contributed by atoms with van der Waals surface area (Å²) in [5.41, 5.74) is 11.1. The molecule has 16 rings (SSSR count). The van der Waals surface area contributed by atoms with Crippen molar-refractivity contribution in [3.63, 3.8) is 0 Å². The van der Waals surface area contributed by atoms with Crippen molar-refractivity contribution in [1.29, 1.82) is 0 Å². The number of nitrogens with zero attached hydrogens (tertiary/aromatic N) is 8. The molecule has 0 amide bonds. The Hall–Kier alpha value is -13.4. The van der Waals surface area contributed by atoms with Gasteiger partial charge in [-0.25, -0.2) is 29.1 Å². The molecule has 516 valence electrons. The lowest BCUT2D eigenvalue weighted by Gasteiger charge is -2.43. The van der Waals surface area contributed by atoms with Crippen LogP contribution < -0.4 is 42.6 Å². The van der Waals surface area contributed by atoms with E-state index >= 15 is 0 Å². The molecule has 8 N–H and O–H groups in total. The van der Waals surface area contributed by atoms with E-state index in [1.54, 1.807) is 91.9 Å². The Morgan fingerprint density at radius 1 is 0.412 bits per heavy atom. The molecule has 8 aromatic carbocycles. The molecular formula is C78H72N12O12. The maximum absolute atomic E-state index is 11.5. The van der Waals surface area contributed by atoms with Crippen molar-refractivity contribution in [3.8, 4) is 57.2 Å². The summed E-state index contributed by atoms with van der Waals surface area (Å²) in [5, 5.41) is 39.0. The van der Waals surface area contributed by atoms with Crippen LogP contribution in [0.4, 0.5) is 22.7 Å². The highest BCUT2D eigenvalue weighted by atomic mass is 16.4. The van der Waals surface area contributed by atoms with Crippen molar-refractivity contribution in [1.82, 2.24) is 39.0 Å². The maximum atomic E-state index is 11.5. The zero-order chi connectivity index (χ0) is 70.3. The molecule has 2 atom stereocenters. The molecule has 2 aliphatic heterocycles. The number of oxazole rings is 4. The largest absolute Gasteiger partial charge is 0.508 e. The van der Waals surface area contributed by atoms with E-state index in [-0.39, 0.29) is 35.1 Å². The first-order chi connectivity index (χ1) is 49.8. The van der Waals surface area contributed by atoms with Gasteiger partial charge in [-0.05, 0) is 89.5 Å². The van der Waals surface area contributed by atoms with E-state index in [0.29, 0.717) is 61.2 Å². The van der Waals surface area contributed by atoms with Crippen LogP contribution in [0.1, 0.15) is 39.9 Å². The predicted octanol–water partition coefficient (Wildman–Crippen LogP) is 11.8. The van der Waals surface area contributed by atoms with E-state index in [2.05, 4.69) is 73.8 Å². The van der Waals surface area contributed by atoms with E-state index in [0.717, 1.165) is 89.1 Å². The number of imidazole rings is 2. The van der Waals surface area contributed by atoms with Crippen LogP contribution in [0.15, 0.2) is 293 Å². The van der Waals surface area contributed by atoms with Crippen molar-refractivity contribution >= 4 is 22.7 Å². The van der Waals surface area contributed by atoms with E-state index in [1.807, 2.05) is 143 Å². The van der Waals surface area contributed by atoms with Gasteiger partial charge in [0.05, 0.1) is 42.5 Å². The number of benzene rings is 8. The third-order valence-electron chi connectivity index (χ3n) is 17.4. The summed E-state index contributed by atoms with van der Waals surface area (Å²) in [5.74, 6) is 1.07. The monoisotopic (exact) mass is 1370 g/mol. The van der Waals surface area contributed by atoms with E-state index in [4.69, 9.17) is 17.7 Å². The minimum atomic E-state index is -0.515. The fourth-order valence-corrected chi connectivity index (χ4v) is 12.7. The van der Waals surface area contributed by atoms with Crippen LogP contribution in [0.2, 0.25) is 0 Å². The summed E-state index contributed by atoms with van der Waals surface area (Å²) in [7, 11) is 0. The molecule has 2 saturated heterocycles. The number of aromatic hydroxyl groups is 4. The number of nitrogens with one attached hydrogen (secondary N) is 4. The van der Waals surface area contributed by atoms with Gasteiger partial charge in [0.2, 0.25) is 0 Å². The normalized spacial score (nSPS) is 14.2. The zero-order valence-electron chi connectivity index (χ0n) is 55.1. The van der Waals surface area contributed by atoms with Crippen LogP contribution >= 0.6 is 0 Å². The minimum Gasteiger partial charge on any atom is -0.508 e. The number of piperazine rings is 2. The molecule has 0 radical (unpaired) electrons. The average molecular weight is 1370 g/mol. The lowest BCUT2D eigenvalue weighted by molar-refractivity contribution is 0.404. The highest BCUT2D eigenvalue weighted by Crippen LogP contribution is 2.36. The topological polar surface area (TPSA) is 314 Å². The number of hydrogen-bond donors (Lipinski definition) is 8. The first-order valence-electron chi connectivity index (χ1n) is 33.0. The highest BCUT2D eigenvalue weighted by Gasteiger charge is 2.33. The summed E-state index contributed by atoms with van der Waals surface area (Å²) in [4.78, 5) is 74.1. The number of H-pyrrole nitrogens is 4. The quantitative estimate of drug-likeness (QED) is 0.0446. The van der Waals surface area contributed by atoms with Crippen LogP contribution in [0.3, 0.4) is 0 Å². The predicted molar refractivity (Wildman–Crippen MR) is 387 cm³/mol. The lowest BCUT2D eigenvalue weighted by Crippen LogP contribution is -2.54. The third-order valence-corrected chi connectivity index (χ3v) is 17.4. The SMILES string of the molecule is O=c1[nH]cc(-c2c(-c3ccccc3)ncn2Cc2cccc(O)c2)o1.O=c1[nH]cc(-c2c(Cc3ccccc3)ncn2Cc2cccc(O)c2)o1.O=c1[nH]cc(C2CN(c3ccccc3)CCN2c2cccc(O)c2)o1.O=c1[nH]cc(CC2CN(c3ccccc3)CCN2c2cccc(O)c2)o1. The Bertz CT molecular complexity index is 5260. The van der Waals surface area contributed by atoms with E-state index in [1.165, 1.54) is 11.9 Å². The van der Waals surface area contributed by atoms with Gasteiger partial charge in [0.25, 0.3) is 0 Å². The van der Waals surface area contributed by atoms with E-state index < -0.39 is 23.0 Å². The van der Waals surface area contributed by atoms with Gasteiger partial charge in [0, 0.05) is 118 Å². The number of phenolic OH excluding ortho intramolecular Hbond substituents is 4. The molecule has 8 heterocycles. The first kappa shape index (κ1) is 67.2. The van der Waals surface area contributed by atoms with Crippen LogP contribution in [-0.4, -0.2) is 105 Å². The van der Waals surface area contributed by atoms with Gasteiger partial charge in [-0.2, -0.15) is 0 Å². The minimum absolute atomic E-state index is 0.115. The number of aromatic nitrogens is 8. The maximum Gasteiger partial charge on any atom is 0.416 e. The summed E-state index contributed by atoms with van der Waals surface area (Å²) >= 11 is 0. The van der Waals surface area contributed by atoms with Crippen LogP contribution in [0.25, 0.3) is 34.2 Å². The molecular weight excluding hydrogens is 1300 g/mol. The van der Waals surface area contributed by atoms with Gasteiger partial charge >= 0.3 is 23.0 Å². The second-order valence-electron chi connectivity index (χ2n) is 24.3. The van der Waals surface area contributed by atoms with Gasteiger partial charge in [-0.15, -0.1) is 0 Å². The van der Waals surface area contributed by atoms with Crippen molar-refractivity contribution in [2.75, 3.05) is 58.9 Å². The Morgan fingerprint density at radius 2 is 0.863 bits per heavy atom. The summed E-state index contributed by atoms with van der Waals surface area (Å²) in [6.45, 7) is 5.75. The summed E-state index contributed by atoms with van der Waals surface area (Å²) in [6, 6.07) is 68.7. The Kier molecular flexibility index (Phi) is 20.7. The highest BCUT2D eigenvalue weighted by molar-refractivity contribution is 5.76. The van der Waals surface area contributed by atoms with Crippen molar-refractivity contribution in [3.05, 3.63) is 332 Å². The fourth-order valence-electron chi connectivity index (χ4n) is 12.7. The van der Waals surface area contributed by atoms with Crippen molar-refractivity contribution in [2.45, 2.75) is 38.0 Å². The van der Waals surface area contributed by atoms with E-state index in [9.17, 15) is 39.6 Å². The molecule has 2 aliphatic rings. The standard InChI is InChI=1S/C20H17N3O3.C20H21N3O3.C19H15N3O3.C19H19N3O3/c24-16-8-4-7-15(9-16)12-23-13-22-17(10-14-5-2-1-3-6-14)19(23)18-11-21-20(25)26-18;24-18-8-4-7-16(11-18)23-10-9-22(15-5-2-1-3-6-15)14-17(23)12-19-13-21-20(25)26-19;23-15-8-4-5-13(9-15)11-22-12-21-17(14-6-2-1-3-7-14)18(22)16-10-20-19(24)25-16;23-16-8-4-7-15(11-16)22-10-9-21(14-5-2-1-3-6-14)13-17(22)18-12-20-19(24)25-18/h1-9,11,13,24H,10,12H2,(H,21,25);1-8,11,13,17,24H,9-10,12,14H2,(H,21,25);1-10,12,23H,11H2,(H,20,24);1-8,11-12,17,23H,9-10,13H2,(H,20,24). The second kappa shape index (κ2) is 31.4. The zero-order valence-corrected chi connectivity index (χ0v) is 55.1. The lowest BCUT2D eigenvalue weighted by atomic mass is 10.0. The number of hydrogen-bond acceptors (Lipinski definition) is 18. The van der Waals surface area contributed by atoms with Crippen LogP contribution in [0.5, 0.6) is 23.0 Å². The number of aromatic amines is 4. The number of anilines is 4. The number of rotatable bonds is 16. The molecule has 14 aromatic rings. The smallest absolute Gasteiger partial charge is 0.416 e. The molecule has 24 heteroatoms. The number of para-hydroxylation sites is 2. The molecule has 0 bridgehead atoms. The average Bonchev–Trinajstić information content (AvgIpc) is 1.22. The molecule has 2 unspecified atom stereocenters. The van der Waals surface area contributed by atoms with Crippen molar-refractivity contribution in [2.24, 2.45) is 0 Å². The van der Waals surface area contributed by atoms with Crippen molar-refractivity contribution < 1.29 is 38.1 Å². The molecule has 0 saturated carbocycles. The first-order valence-corrected chi connectivity index (χ1v) is 33.0. The third kappa shape index (κ3) is 16.8. The molecule has 6 aromatic heterocycles. The molecule has 2 fully saturated rings. The molecule has 0 aliphatic carbocycles.